The summed E-state index contributed by atoms with van der Waals surface area (Å²) in [5.74, 6) is 0.627. The van der Waals surface area contributed by atoms with Gasteiger partial charge in [0.1, 0.15) is 0 Å². The van der Waals surface area contributed by atoms with E-state index in [9.17, 15) is 4.79 Å². The maximum absolute atomic E-state index is 13.6. The molecule has 1 fully saturated rings. The molecule has 0 N–H and O–H groups in total. The minimum atomic E-state index is 0.0548. The van der Waals surface area contributed by atoms with Gasteiger partial charge in [0.05, 0.1) is 11.1 Å². The first kappa shape index (κ1) is 19.6. The summed E-state index contributed by atoms with van der Waals surface area (Å²) in [4.78, 5) is 26.6. The summed E-state index contributed by atoms with van der Waals surface area (Å²) in [5, 5.41) is 1.66. The maximum atomic E-state index is 13.6. The number of hydrogen-bond acceptors (Lipinski definition) is 4. The third-order valence-electron chi connectivity index (χ3n) is 5.84. The van der Waals surface area contributed by atoms with E-state index in [1.54, 1.807) is 18.5 Å². The van der Waals surface area contributed by atoms with Gasteiger partial charge in [-0.1, -0.05) is 29.8 Å². The van der Waals surface area contributed by atoms with Crippen molar-refractivity contribution < 1.29 is 4.79 Å². The van der Waals surface area contributed by atoms with Crippen LogP contribution in [-0.2, 0) is 0 Å². The fraction of sp³-hybridized carbons (Fsp3) is 0.208. The molecule has 0 spiro atoms. The summed E-state index contributed by atoms with van der Waals surface area (Å²) < 4.78 is 1.96. The summed E-state index contributed by atoms with van der Waals surface area (Å²) in [6.07, 6.45) is 3.43. The van der Waals surface area contributed by atoms with Crippen LogP contribution in [0.2, 0.25) is 5.02 Å². The fourth-order valence-corrected chi connectivity index (χ4v) is 4.41. The highest BCUT2D eigenvalue weighted by Gasteiger charge is 2.28. The van der Waals surface area contributed by atoms with E-state index < -0.39 is 0 Å². The molecule has 1 amide bonds. The van der Waals surface area contributed by atoms with Gasteiger partial charge >= 0.3 is 0 Å². The lowest BCUT2D eigenvalue weighted by Crippen LogP contribution is -2.48. The number of amides is 1. The number of hydrogen-bond donors (Lipinski definition) is 0. The van der Waals surface area contributed by atoms with E-state index in [0.717, 1.165) is 46.0 Å². The molecular weight excluding hydrogens is 410 g/mol. The predicted octanol–water partition coefficient (Wildman–Crippen LogP) is 4.34. The molecule has 1 aliphatic rings. The van der Waals surface area contributed by atoms with Crippen molar-refractivity contribution in [2.45, 2.75) is 6.92 Å². The Morgan fingerprint density at radius 2 is 1.58 bits per heavy atom. The zero-order valence-corrected chi connectivity index (χ0v) is 18.0. The third kappa shape index (κ3) is 3.53. The number of aromatic nitrogens is 3. The lowest BCUT2D eigenvalue weighted by Gasteiger charge is -2.36. The first-order chi connectivity index (χ1) is 15.1. The molecule has 3 heterocycles. The second kappa shape index (κ2) is 8.04. The molecule has 7 heteroatoms. The number of carbonyl (C=O) groups excluding carboxylic acids is 1. The van der Waals surface area contributed by atoms with Gasteiger partial charge in [-0.2, -0.15) is 0 Å². The van der Waals surface area contributed by atoms with E-state index in [2.05, 4.69) is 14.9 Å². The minimum Gasteiger partial charge on any atom is -0.368 e. The van der Waals surface area contributed by atoms with Crippen LogP contribution in [0, 0.1) is 6.92 Å². The number of anilines is 1. The maximum Gasteiger partial charge on any atom is 0.256 e. The molecule has 31 heavy (non-hydrogen) atoms. The highest BCUT2D eigenvalue weighted by Crippen LogP contribution is 2.29. The van der Waals surface area contributed by atoms with Crippen LogP contribution in [-0.4, -0.2) is 51.5 Å². The number of piperazine rings is 1. The number of rotatable bonds is 3. The van der Waals surface area contributed by atoms with E-state index in [4.69, 9.17) is 11.6 Å². The smallest absolute Gasteiger partial charge is 0.256 e. The summed E-state index contributed by atoms with van der Waals surface area (Å²) in [7, 11) is 0. The molecule has 0 unspecified atom stereocenters. The zero-order valence-electron chi connectivity index (χ0n) is 17.2. The monoisotopic (exact) mass is 431 g/mol. The Labute approximate surface area is 185 Å². The largest absolute Gasteiger partial charge is 0.368 e. The Kier molecular flexibility index (Phi) is 5.08. The molecule has 0 bridgehead atoms. The van der Waals surface area contributed by atoms with Gasteiger partial charge in [0, 0.05) is 60.4 Å². The van der Waals surface area contributed by atoms with Crippen LogP contribution in [0.1, 0.15) is 16.1 Å². The zero-order chi connectivity index (χ0) is 21.4. The first-order valence-electron chi connectivity index (χ1n) is 10.3. The van der Waals surface area contributed by atoms with Gasteiger partial charge < -0.3 is 9.80 Å². The van der Waals surface area contributed by atoms with E-state index in [1.807, 2.05) is 64.9 Å². The quantitative estimate of drug-likeness (QED) is 0.484. The highest BCUT2D eigenvalue weighted by atomic mass is 35.5. The van der Waals surface area contributed by atoms with Crippen LogP contribution in [0.4, 0.5) is 5.69 Å². The van der Waals surface area contributed by atoms with Gasteiger partial charge in [0.15, 0.2) is 0 Å². The van der Waals surface area contributed by atoms with Crippen molar-refractivity contribution in [1.29, 1.82) is 0 Å². The van der Waals surface area contributed by atoms with Gasteiger partial charge in [-0.3, -0.25) is 9.36 Å². The van der Waals surface area contributed by atoms with E-state index >= 15 is 0 Å². The number of para-hydroxylation sites is 1. The molecule has 0 radical (unpaired) electrons. The molecule has 2 aromatic heterocycles. The predicted molar refractivity (Wildman–Crippen MR) is 123 cm³/mol. The van der Waals surface area contributed by atoms with Crippen molar-refractivity contribution in [1.82, 2.24) is 19.4 Å². The van der Waals surface area contributed by atoms with E-state index in [-0.39, 0.29) is 5.91 Å². The van der Waals surface area contributed by atoms with Crippen LogP contribution < -0.4 is 4.90 Å². The lowest BCUT2D eigenvalue weighted by atomic mass is 10.1. The molecule has 1 saturated heterocycles. The van der Waals surface area contributed by atoms with Crippen LogP contribution in [0.3, 0.4) is 0 Å². The van der Waals surface area contributed by atoms with E-state index in [1.165, 1.54) is 0 Å². The van der Waals surface area contributed by atoms with Crippen molar-refractivity contribution in [3.63, 3.8) is 0 Å². The summed E-state index contributed by atoms with van der Waals surface area (Å²) in [6, 6.07) is 17.6. The Balaban J connectivity index is 1.44. The molecular formula is C24H22ClN5O. The van der Waals surface area contributed by atoms with Gasteiger partial charge in [0.25, 0.3) is 5.91 Å². The van der Waals surface area contributed by atoms with Crippen LogP contribution in [0.15, 0.2) is 67.0 Å². The summed E-state index contributed by atoms with van der Waals surface area (Å²) in [6.45, 7) is 4.87. The molecule has 0 saturated carbocycles. The number of carbonyl (C=O) groups is 1. The van der Waals surface area contributed by atoms with E-state index in [0.29, 0.717) is 19.0 Å². The molecule has 1 aliphatic heterocycles. The number of benzene rings is 2. The van der Waals surface area contributed by atoms with Gasteiger partial charge in [-0.25, -0.2) is 9.97 Å². The normalized spacial score (nSPS) is 14.3. The molecule has 6 nitrogen and oxygen atoms in total. The van der Waals surface area contributed by atoms with Crippen LogP contribution in [0.5, 0.6) is 0 Å². The standard InChI is InChI=1S/C24H22ClN5O/c1-17-22(20-5-2-3-6-21(20)30(17)24-26-11-4-12-27-24)23(31)29-15-13-28(14-16-29)19-9-7-18(25)8-10-19/h2-12H,13-16H2,1H3. The van der Waals surface area contributed by atoms with Crippen molar-refractivity contribution in [3.05, 3.63) is 83.3 Å². The second-order valence-corrected chi connectivity index (χ2v) is 8.05. The Bertz CT molecular complexity index is 1230. The lowest BCUT2D eigenvalue weighted by molar-refractivity contribution is 0.0748. The van der Waals surface area contributed by atoms with Crippen molar-refractivity contribution in [3.8, 4) is 5.95 Å². The second-order valence-electron chi connectivity index (χ2n) is 7.62. The topological polar surface area (TPSA) is 54.3 Å². The van der Waals surface area contributed by atoms with Crippen molar-refractivity contribution in [2.75, 3.05) is 31.1 Å². The molecule has 0 atom stereocenters. The molecule has 4 aromatic rings. The number of fused-ring (bicyclic) bond motifs is 1. The molecule has 156 valence electrons. The molecule has 2 aromatic carbocycles. The molecule has 5 rings (SSSR count). The van der Waals surface area contributed by atoms with Crippen molar-refractivity contribution in [2.24, 2.45) is 0 Å². The Morgan fingerprint density at radius 1 is 0.903 bits per heavy atom. The summed E-state index contributed by atoms with van der Waals surface area (Å²) in [5.41, 5.74) is 3.65. The van der Waals surface area contributed by atoms with Crippen LogP contribution >= 0.6 is 11.6 Å². The average molecular weight is 432 g/mol. The third-order valence-corrected chi connectivity index (χ3v) is 6.09. The van der Waals surface area contributed by atoms with Gasteiger partial charge in [-0.05, 0) is 43.3 Å². The van der Waals surface area contributed by atoms with Crippen molar-refractivity contribution >= 4 is 34.1 Å². The van der Waals surface area contributed by atoms with Gasteiger partial charge in [0.2, 0.25) is 5.95 Å². The Morgan fingerprint density at radius 3 is 2.29 bits per heavy atom. The van der Waals surface area contributed by atoms with Crippen LogP contribution in [0.25, 0.3) is 16.9 Å². The SMILES string of the molecule is Cc1c(C(=O)N2CCN(c3ccc(Cl)cc3)CC2)c2ccccc2n1-c1ncccn1. The summed E-state index contributed by atoms with van der Waals surface area (Å²) >= 11 is 6.01. The average Bonchev–Trinajstić information content (AvgIpc) is 3.11. The number of halogens is 1. The first-order valence-corrected chi connectivity index (χ1v) is 10.7. The highest BCUT2D eigenvalue weighted by molar-refractivity contribution is 6.30. The van der Waals surface area contributed by atoms with Gasteiger partial charge in [-0.15, -0.1) is 0 Å². The fourth-order valence-electron chi connectivity index (χ4n) is 4.28. The Hall–Kier alpha value is -3.38. The minimum absolute atomic E-state index is 0.0548. The molecule has 0 aliphatic carbocycles. The number of nitrogens with zero attached hydrogens (tertiary/aromatic N) is 5.